The lowest BCUT2D eigenvalue weighted by molar-refractivity contribution is 0.0180. The van der Waals surface area contributed by atoms with Gasteiger partial charge < -0.3 is 10.6 Å². The van der Waals surface area contributed by atoms with Gasteiger partial charge in [0, 0.05) is 63.9 Å². The summed E-state index contributed by atoms with van der Waals surface area (Å²) < 4.78 is 0. The van der Waals surface area contributed by atoms with E-state index >= 15 is 0 Å². The highest BCUT2D eigenvalue weighted by Crippen LogP contribution is 2.39. The average Bonchev–Trinajstić information content (AvgIpc) is 3.08. The number of hydrogen-bond donors (Lipinski definition) is 1. The smallest absolute Gasteiger partial charge is 0.0499 e. The molecule has 0 aromatic carbocycles. The molecule has 122 valence electrons. The maximum absolute atomic E-state index is 6.30. The largest absolute Gasteiger partial charge is 0.329 e. The molecule has 2 N–H and O–H groups in total. The quantitative estimate of drug-likeness (QED) is 0.756. The fraction of sp³-hybridized carbons (Fsp3) is 1.00. The molecule has 5 heteroatoms. The van der Waals surface area contributed by atoms with Gasteiger partial charge in [0.2, 0.25) is 0 Å². The topological polar surface area (TPSA) is 39.0 Å². The summed E-state index contributed by atoms with van der Waals surface area (Å²) in [6.07, 6.45) is 4.01. The van der Waals surface area contributed by atoms with Crippen LogP contribution in [0.25, 0.3) is 0 Å². The van der Waals surface area contributed by atoms with Crippen LogP contribution in [0.1, 0.15) is 19.3 Å². The molecule has 0 aromatic rings. The molecule has 0 bridgehead atoms. The molecule has 2 unspecified atom stereocenters. The van der Waals surface area contributed by atoms with Gasteiger partial charge in [0.25, 0.3) is 0 Å². The molecule has 0 radical (unpaired) electrons. The fourth-order valence-electron chi connectivity index (χ4n) is 4.70. The van der Waals surface area contributed by atoms with E-state index in [4.69, 9.17) is 5.73 Å². The minimum atomic E-state index is 0.282. The average molecular weight is 295 g/mol. The lowest BCUT2D eigenvalue weighted by Crippen LogP contribution is -2.64. The van der Waals surface area contributed by atoms with Crippen molar-refractivity contribution in [2.45, 2.75) is 30.8 Å². The van der Waals surface area contributed by atoms with Crippen molar-refractivity contribution in [1.82, 2.24) is 19.6 Å². The van der Waals surface area contributed by atoms with Gasteiger partial charge in [-0.1, -0.05) is 0 Å². The second-order valence-electron chi connectivity index (χ2n) is 7.38. The van der Waals surface area contributed by atoms with Gasteiger partial charge >= 0.3 is 0 Å². The van der Waals surface area contributed by atoms with Gasteiger partial charge in [-0.2, -0.15) is 0 Å². The van der Waals surface area contributed by atoms with Crippen molar-refractivity contribution >= 4 is 0 Å². The van der Waals surface area contributed by atoms with Gasteiger partial charge in [0.1, 0.15) is 0 Å². The zero-order chi connectivity index (χ0) is 14.9. The van der Waals surface area contributed by atoms with Crippen molar-refractivity contribution < 1.29 is 0 Å². The van der Waals surface area contributed by atoms with Crippen LogP contribution in [0.2, 0.25) is 0 Å². The molecular weight excluding hydrogens is 262 g/mol. The monoisotopic (exact) mass is 295 g/mol. The van der Waals surface area contributed by atoms with Crippen LogP contribution in [0.5, 0.6) is 0 Å². The lowest BCUT2D eigenvalue weighted by atomic mass is 9.86. The number of fused-ring (bicyclic) bond motifs is 1. The van der Waals surface area contributed by atoms with Crippen molar-refractivity contribution in [3.05, 3.63) is 0 Å². The van der Waals surface area contributed by atoms with E-state index in [2.05, 4.69) is 33.7 Å². The highest BCUT2D eigenvalue weighted by molar-refractivity contribution is 5.10. The van der Waals surface area contributed by atoms with Crippen molar-refractivity contribution in [3.8, 4) is 0 Å². The number of nitrogens with zero attached hydrogens (tertiary/aromatic N) is 4. The van der Waals surface area contributed by atoms with Crippen LogP contribution in [-0.2, 0) is 0 Å². The predicted octanol–water partition coefficient (Wildman–Crippen LogP) is -0.269. The minimum Gasteiger partial charge on any atom is -0.329 e. The Labute approximate surface area is 130 Å². The molecule has 3 saturated heterocycles. The molecule has 5 nitrogen and oxygen atoms in total. The van der Waals surface area contributed by atoms with Gasteiger partial charge in [-0.15, -0.1) is 0 Å². The van der Waals surface area contributed by atoms with Crippen LogP contribution in [0.15, 0.2) is 0 Å². The van der Waals surface area contributed by atoms with Gasteiger partial charge in [0.15, 0.2) is 0 Å². The number of likely N-dealkylation sites (N-methyl/N-ethyl adjacent to an activating group) is 1. The Hall–Kier alpha value is -0.200. The van der Waals surface area contributed by atoms with Crippen molar-refractivity contribution in [1.29, 1.82) is 0 Å². The van der Waals surface area contributed by atoms with Gasteiger partial charge in [-0.05, 0) is 39.9 Å². The Morgan fingerprint density at radius 3 is 2.52 bits per heavy atom. The highest BCUT2D eigenvalue weighted by atomic mass is 15.4. The SMILES string of the molecule is CN(C)CCN1CCN(C2(CN)CCN3CCCC32)CC1. The van der Waals surface area contributed by atoms with Crippen LogP contribution in [-0.4, -0.2) is 104 Å². The van der Waals surface area contributed by atoms with Crippen molar-refractivity contribution in [2.24, 2.45) is 5.73 Å². The summed E-state index contributed by atoms with van der Waals surface area (Å²) in [4.78, 5) is 10.3. The van der Waals surface area contributed by atoms with Gasteiger partial charge in [0.05, 0.1) is 0 Å². The molecule has 3 fully saturated rings. The zero-order valence-corrected chi connectivity index (χ0v) is 13.9. The molecule has 3 heterocycles. The first-order valence-corrected chi connectivity index (χ1v) is 8.72. The summed E-state index contributed by atoms with van der Waals surface area (Å²) in [5, 5.41) is 0. The first kappa shape index (κ1) is 15.7. The molecule has 2 atom stereocenters. The molecule has 3 rings (SSSR count). The van der Waals surface area contributed by atoms with Crippen LogP contribution < -0.4 is 5.73 Å². The van der Waals surface area contributed by atoms with Crippen molar-refractivity contribution in [3.63, 3.8) is 0 Å². The maximum Gasteiger partial charge on any atom is 0.0499 e. The minimum absolute atomic E-state index is 0.282. The summed E-state index contributed by atoms with van der Waals surface area (Å²) in [6, 6.07) is 0.732. The lowest BCUT2D eigenvalue weighted by Gasteiger charge is -2.48. The first-order chi connectivity index (χ1) is 10.2. The summed E-state index contributed by atoms with van der Waals surface area (Å²) in [6.45, 7) is 10.6. The maximum atomic E-state index is 6.30. The Balaban J connectivity index is 1.57. The molecular formula is C16H33N5. The Bertz CT molecular complexity index is 340. The summed E-state index contributed by atoms with van der Waals surface area (Å²) in [5.74, 6) is 0. The normalized spacial score (nSPS) is 35.7. The van der Waals surface area contributed by atoms with E-state index in [9.17, 15) is 0 Å². The third-order valence-corrected chi connectivity index (χ3v) is 6.03. The summed E-state index contributed by atoms with van der Waals surface area (Å²) >= 11 is 0. The van der Waals surface area contributed by atoms with E-state index in [-0.39, 0.29) is 5.54 Å². The number of piperazine rings is 1. The van der Waals surface area contributed by atoms with Crippen LogP contribution in [0.4, 0.5) is 0 Å². The summed E-state index contributed by atoms with van der Waals surface area (Å²) in [5.41, 5.74) is 6.58. The molecule has 3 aliphatic rings. The Morgan fingerprint density at radius 2 is 1.86 bits per heavy atom. The van der Waals surface area contributed by atoms with E-state index in [0.717, 1.165) is 12.6 Å². The van der Waals surface area contributed by atoms with Gasteiger partial charge in [-0.25, -0.2) is 0 Å². The first-order valence-electron chi connectivity index (χ1n) is 8.72. The number of nitrogens with two attached hydrogens (primary N) is 1. The van der Waals surface area contributed by atoms with Crippen LogP contribution in [0, 0.1) is 0 Å². The third-order valence-electron chi connectivity index (χ3n) is 6.03. The van der Waals surface area contributed by atoms with E-state index < -0.39 is 0 Å². The molecule has 0 spiro atoms. The second-order valence-corrected chi connectivity index (χ2v) is 7.38. The fourth-order valence-corrected chi connectivity index (χ4v) is 4.70. The molecule has 0 aliphatic carbocycles. The van der Waals surface area contributed by atoms with Crippen LogP contribution >= 0.6 is 0 Å². The number of rotatable bonds is 5. The Kier molecular flexibility index (Phi) is 4.86. The molecule has 0 aromatic heterocycles. The van der Waals surface area contributed by atoms with E-state index in [1.54, 1.807) is 0 Å². The Morgan fingerprint density at radius 1 is 1.10 bits per heavy atom. The number of hydrogen-bond acceptors (Lipinski definition) is 5. The second kappa shape index (κ2) is 6.50. The van der Waals surface area contributed by atoms with E-state index in [1.165, 1.54) is 71.6 Å². The van der Waals surface area contributed by atoms with Crippen LogP contribution in [0.3, 0.4) is 0 Å². The third kappa shape index (κ3) is 2.99. The van der Waals surface area contributed by atoms with Gasteiger partial charge in [-0.3, -0.25) is 14.7 Å². The van der Waals surface area contributed by atoms with Crippen molar-refractivity contribution in [2.75, 3.05) is 73.0 Å². The molecule has 0 amide bonds. The van der Waals surface area contributed by atoms with E-state index in [1.807, 2.05) is 0 Å². The molecule has 0 saturated carbocycles. The molecule has 3 aliphatic heterocycles. The zero-order valence-electron chi connectivity index (χ0n) is 13.9. The predicted molar refractivity (Wildman–Crippen MR) is 87.6 cm³/mol. The standard InChI is InChI=1S/C16H33N5/c1-18(2)8-9-19-10-12-21(13-11-19)16(14-17)5-7-20-6-3-4-15(16)20/h15H,3-14,17H2,1-2H3. The molecule has 21 heavy (non-hydrogen) atoms. The van der Waals surface area contributed by atoms with E-state index in [0.29, 0.717) is 0 Å². The highest BCUT2D eigenvalue weighted by Gasteiger charge is 2.51. The summed E-state index contributed by atoms with van der Waals surface area (Å²) in [7, 11) is 4.32.